The van der Waals surface area contributed by atoms with Gasteiger partial charge in [0.05, 0.1) is 0 Å². The Morgan fingerprint density at radius 2 is 1.92 bits per heavy atom. The Balaban J connectivity index is 0.000000671. The maximum absolute atomic E-state index is 10.6. The third kappa shape index (κ3) is 2.94. The molecule has 1 rings (SSSR count). The lowest BCUT2D eigenvalue weighted by molar-refractivity contribution is 0.0694. The summed E-state index contributed by atoms with van der Waals surface area (Å²) in [5.74, 6) is -1.37. The van der Waals surface area contributed by atoms with E-state index in [9.17, 15) is 14.4 Å². The van der Waals surface area contributed by atoms with Crippen LogP contribution in [0.5, 0.6) is 0 Å². The van der Waals surface area contributed by atoms with Gasteiger partial charge in [-0.2, -0.15) is 0 Å². The zero-order chi connectivity index (χ0) is 10.4. The van der Waals surface area contributed by atoms with E-state index in [1.165, 1.54) is 0 Å². The Labute approximate surface area is 73.3 Å². The zero-order valence-corrected chi connectivity index (χ0v) is 7.25. The van der Waals surface area contributed by atoms with Gasteiger partial charge in [0.15, 0.2) is 0 Å². The highest BCUT2D eigenvalue weighted by Crippen LogP contribution is 1.81. The van der Waals surface area contributed by atoms with Gasteiger partial charge in [-0.25, -0.2) is 9.59 Å². The highest BCUT2D eigenvalue weighted by atomic mass is 16.4. The molecular weight excluding hydrogens is 176 g/mol. The van der Waals surface area contributed by atoms with Crippen molar-refractivity contribution in [1.82, 2.24) is 9.97 Å². The molecule has 0 saturated heterocycles. The zero-order valence-electron chi connectivity index (χ0n) is 7.25. The second kappa shape index (κ2) is 4.91. The molecule has 0 aliphatic carbocycles. The molecule has 0 bridgehead atoms. The number of hydrogen-bond donors (Lipinski definition) is 3. The summed E-state index contributed by atoms with van der Waals surface area (Å²) in [6.07, 6.45) is 0.851. The van der Waals surface area contributed by atoms with Crippen LogP contribution in [-0.4, -0.2) is 21.0 Å². The molecule has 3 N–H and O–H groups in total. The predicted molar refractivity (Wildman–Crippen MR) is 46.0 cm³/mol. The largest absolute Gasteiger partial charge is 0.477 e. The molecule has 0 atom stereocenters. The molecule has 6 heteroatoms. The van der Waals surface area contributed by atoms with Crippen LogP contribution in [0.25, 0.3) is 0 Å². The fourth-order valence-corrected chi connectivity index (χ4v) is 0.569. The maximum Gasteiger partial charge on any atom is 0.342 e. The van der Waals surface area contributed by atoms with Crippen molar-refractivity contribution >= 4 is 5.97 Å². The maximum atomic E-state index is 10.6. The van der Waals surface area contributed by atoms with Gasteiger partial charge in [-0.3, -0.25) is 9.78 Å². The molecule has 72 valence electrons. The van der Waals surface area contributed by atoms with Crippen LogP contribution >= 0.6 is 0 Å². The number of carboxylic acid groups (broad SMARTS) is 1. The normalized spacial score (nSPS) is 8.46. The van der Waals surface area contributed by atoms with E-state index in [2.05, 4.69) is 0 Å². The number of carboxylic acids is 1. The SMILES string of the molecule is CC.O=C(O)c1c[nH]c(=O)[nH]c1=O. The number of aromatic nitrogens is 2. The summed E-state index contributed by atoms with van der Waals surface area (Å²) in [5.41, 5.74) is -2.11. The quantitative estimate of drug-likeness (QED) is 0.564. The van der Waals surface area contributed by atoms with Crippen LogP contribution in [0, 0.1) is 0 Å². The van der Waals surface area contributed by atoms with Crippen LogP contribution in [0.4, 0.5) is 0 Å². The second-order valence-corrected chi connectivity index (χ2v) is 1.79. The first-order chi connectivity index (χ1) is 6.11. The molecule has 0 aliphatic rings. The number of hydrogen-bond acceptors (Lipinski definition) is 3. The molecule has 0 amide bonds. The molecule has 13 heavy (non-hydrogen) atoms. The first-order valence-electron chi connectivity index (χ1n) is 3.66. The highest BCUT2D eigenvalue weighted by molar-refractivity contribution is 5.86. The molecule has 0 saturated carbocycles. The number of carbonyl (C=O) groups is 1. The van der Waals surface area contributed by atoms with Gasteiger partial charge in [-0.1, -0.05) is 13.8 Å². The van der Waals surface area contributed by atoms with E-state index in [1.807, 2.05) is 18.8 Å². The lowest BCUT2D eigenvalue weighted by atomic mass is 10.3. The number of nitrogens with one attached hydrogen (secondary N) is 2. The van der Waals surface area contributed by atoms with E-state index < -0.39 is 22.8 Å². The molecule has 0 aromatic carbocycles. The summed E-state index contributed by atoms with van der Waals surface area (Å²) in [4.78, 5) is 35.0. The van der Waals surface area contributed by atoms with Crippen molar-refractivity contribution in [2.75, 3.05) is 0 Å². The average molecular weight is 186 g/mol. The molecule has 0 unspecified atom stereocenters. The topological polar surface area (TPSA) is 103 Å². The summed E-state index contributed by atoms with van der Waals surface area (Å²) in [7, 11) is 0. The minimum atomic E-state index is -1.37. The van der Waals surface area contributed by atoms with Gasteiger partial charge < -0.3 is 10.1 Å². The van der Waals surface area contributed by atoms with Crippen molar-refractivity contribution < 1.29 is 9.90 Å². The molecule has 6 nitrogen and oxygen atoms in total. The lowest BCUT2D eigenvalue weighted by Crippen LogP contribution is -2.26. The van der Waals surface area contributed by atoms with Crippen LogP contribution < -0.4 is 11.2 Å². The second-order valence-electron chi connectivity index (χ2n) is 1.79. The third-order valence-electron chi connectivity index (χ3n) is 1.05. The minimum absolute atomic E-state index is 0.482. The van der Waals surface area contributed by atoms with Crippen molar-refractivity contribution in [3.8, 4) is 0 Å². The van der Waals surface area contributed by atoms with Crippen LogP contribution in [0.15, 0.2) is 15.8 Å². The highest BCUT2D eigenvalue weighted by Gasteiger charge is 2.06. The van der Waals surface area contributed by atoms with Crippen molar-refractivity contribution in [2.24, 2.45) is 0 Å². The summed E-state index contributed by atoms with van der Waals surface area (Å²) < 4.78 is 0. The molecule has 1 heterocycles. The van der Waals surface area contributed by atoms with E-state index in [0.717, 1.165) is 6.20 Å². The van der Waals surface area contributed by atoms with Crippen molar-refractivity contribution in [2.45, 2.75) is 13.8 Å². The fourth-order valence-electron chi connectivity index (χ4n) is 0.569. The Kier molecular flexibility index (Phi) is 4.21. The van der Waals surface area contributed by atoms with E-state index in [0.29, 0.717) is 0 Å². The molecular formula is C7H10N2O4. The molecule has 0 aliphatic heterocycles. The summed E-state index contributed by atoms with van der Waals surface area (Å²) >= 11 is 0. The lowest BCUT2D eigenvalue weighted by Gasteiger charge is -1.88. The average Bonchev–Trinajstić information content (AvgIpc) is 2.07. The first kappa shape index (κ1) is 11.2. The van der Waals surface area contributed by atoms with Crippen LogP contribution in [0.2, 0.25) is 0 Å². The molecule has 0 fully saturated rings. The summed E-state index contributed by atoms with van der Waals surface area (Å²) in [6.45, 7) is 4.00. The van der Waals surface area contributed by atoms with Crippen molar-refractivity contribution in [1.29, 1.82) is 0 Å². The monoisotopic (exact) mass is 186 g/mol. The van der Waals surface area contributed by atoms with Gasteiger partial charge in [-0.15, -0.1) is 0 Å². The van der Waals surface area contributed by atoms with E-state index in [1.54, 1.807) is 4.98 Å². The van der Waals surface area contributed by atoms with Crippen molar-refractivity contribution in [3.63, 3.8) is 0 Å². The molecule has 1 aromatic rings. The van der Waals surface area contributed by atoms with E-state index in [-0.39, 0.29) is 0 Å². The number of H-pyrrole nitrogens is 2. The van der Waals surface area contributed by atoms with Crippen molar-refractivity contribution in [3.05, 3.63) is 32.6 Å². The van der Waals surface area contributed by atoms with Gasteiger partial charge in [0, 0.05) is 6.20 Å². The van der Waals surface area contributed by atoms with E-state index in [4.69, 9.17) is 5.11 Å². The Bertz CT molecular complexity index is 390. The summed E-state index contributed by atoms with van der Waals surface area (Å²) in [6, 6.07) is 0. The predicted octanol–water partition coefficient (Wildman–Crippen LogP) is -0.212. The van der Waals surface area contributed by atoms with Crippen LogP contribution in [0.3, 0.4) is 0 Å². The Morgan fingerprint density at radius 3 is 2.31 bits per heavy atom. The fraction of sp³-hybridized carbons (Fsp3) is 0.286. The molecule has 0 radical (unpaired) electrons. The van der Waals surface area contributed by atoms with Gasteiger partial charge in [-0.05, 0) is 0 Å². The standard InChI is InChI=1S/C5H4N2O4.C2H6/c8-3-2(4(9)10)1-6-5(11)7-3;1-2/h1H,(H,9,10)(H2,6,7,8,11);1-2H3. The minimum Gasteiger partial charge on any atom is -0.477 e. The Morgan fingerprint density at radius 1 is 1.38 bits per heavy atom. The molecule has 0 spiro atoms. The van der Waals surface area contributed by atoms with Gasteiger partial charge in [0.2, 0.25) is 0 Å². The third-order valence-corrected chi connectivity index (χ3v) is 1.05. The van der Waals surface area contributed by atoms with Crippen LogP contribution in [0.1, 0.15) is 24.2 Å². The first-order valence-corrected chi connectivity index (χ1v) is 3.66. The Hall–Kier alpha value is -1.85. The number of rotatable bonds is 1. The smallest absolute Gasteiger partial charge is 0.342 e. The van der Waals surface area contributed by atoms with Gasteiger partial charge >= 0.3 is 11.7 Å². The van der Waals surface area contributed by atoms with Gasteiger partial charge in [0.25, 0.3) is 5.56 Å². The van der Waals surface area contributed by atoms with Crippen LogP contribution in [-0.2, 0) is 0 Å². The summed E-state index contributed by atoms with van der Waals surface area (Å²) in [5, 5.41) is 8.31. The van der Waals surface area contributed by atoms with E-state index >= 15 is 0 Å². The van der Waals surface area contributed by atoms with Gasteiger partial charge in [0.1, 0.15) is 5.56 Å². The molecule has 1 aromatic heterocycles. The number of aromatic carboxylic acids is 1. The number of aromatic amines is 2.